The number of nitrogens with one attached hydrogen (secondary N) is 1. The highest BCUT2D eigenvalue weighted by Gasteiger charge is 2.30. The molecule has 160 valence electrons. The highest BCUT2D eigenvalue weighted by atomic mass is 16.5. The summed E-state index contributed by atoms with van der Waals surface area (Å²) in [4.78, 5) is 8.84. The van der Waals surface area contributed by atoms with Crippen LogP contribution in [0.25, 0.3) is 10.9 Å². The van der Waals surface area contributed by atoms with Crippen molar-refractivity contribution in [2.75, 3.05) is 31.1 Å². The molecule has 0 bridgehead atoms. The molecule has 1 unspecified atom stereocenters. The summed E-state index contributed by atoms with van der Waals surface area (Å²) in [6.07, 6.45) is 4.72. The Bertz CT molecular complexity index is 1070. The first kappa shape index (κ1) is 19.8. The van der Waals surface area contributed by atoms with E-state index in [1.54, 1.807) is 0 Å². The number of nitrogens with zero attached hydrogens (tertiary/aromatic N) is 3. The van der Waals surface area contributed by atoms with Crippen LogP contribution in [0.15, 0.2) is 60.8 Å². The Morgan fingerprint density at radius 3 is 2.65 bits per heavy atom. The molecule has 1 atom stereocenters. The number of piperidine rings is 1. The molecule has 6 nitrogen and oxygen atoms in total. The third-order valence-corrected chi connectivity index (χ3v) is 6.61. The van der Waals surface area contributed by atoms with E-state index in [-0.39, 0.29) is 12.2 Å². The minimum Gasteiger partial charge on any atom is -0.371 e. The Hall–Kier alpha value is -3.12. The van der Waals surface area contributed by atoms with Crippen LogP contribution < -0.4 is 10.6 Å². The van der Waals surface area contributed by atoms with Gasteiger partial charge in [0.15, 0.2) is 12.2 Å². The number of rotatable bonds is 4. The molecule has 1 saturated heterocycles. The Morgan fingerprint density at radius 1 is 1.03 bits per heavy atom. The SMILES string of the molecule is N=C(N)N1CCc2ccccc2C1OCC1CCN(c2ccnc3ccccc23)CC1. The average molecular weight is 416 g/mol. The van der Waals surface area contributed by atoms with Crippen molar-refractivity contribution in [2.24, 2.45) is 11.7 Å². The van der Waals surface area contributed by atoms with E-state index in [1.165, 1.54) is 16.6 Å². The van der Waals surface area contributed by atoms with Gasteiger partial charge in [0.25, 0.3) is 0 Å². The van der Waals surface area contributed by atoms with Crippen molar-refractivity contribution in [1.82, 2.24) is 9.88 Å². The maximum Gasteiger partial charge on any atom is 0.190 e. The van der Waals surface area contributed by atoms with Crippen LogP contribution in [0.3, 0.4) is 0 Å². The summed E-state index contributed by atoms with van der Waals surface area (Å²) in [5, 5.41) is 9.20. The standard InChI is InChI=1S/C25H29N5O/c26-25(27)30-16-12-19-5-1-2-6-20(19)24(30)31-17-18-10-14-29(15-11-18)23-9-13-28-22-8-4-3-7-21(22)23/h1-9,13,18,24H,10-12,14-17H2,(H3,26,27). The number of ether oxygens (including phenoxy) is 1. The van der Waals surface area contributed by atoms with E-state index in [1.807, 2.05) is 23.2 Å². The number of aromatic nitrogens is 1. The highest BCUT2D eigenvalue weighted by Crippen LogP contribution is 2.33. The van der Waals surface area contributed by atoms with Crippen LogP contribution in [0, 0.1) is 11.3 Å². The minimum atomic E-state index is -0.260. The normalized spacial score (nSPS) is 19.4. The van der Waals surface area contributed by atoms with Crippen molar-refractivity contribution in [2.45, 2.75) is 25.5 Å². The van der Waals surface area contributed by atoms with Crippen molar-refractivity contribution in [3.05, 3.63) is 71.9 Å². The zero-order valence-corrected chi connectivity index (χ0v) is 17.7. The first-order valence-corrected chi connectivity index (χ1v) is 11.1. The lowest BCUT2D eigenvalue weighted by Gasteiger charge is -2.39. The minimum absolute atomic E-state index is 0.0823. The lowest BCUT2D eigenvalue weighted by molar-refractivity contribution is -0.0529. The molecule has 0 spiro atoms. The van der Waals surface area contributed by atoms with Crippen molar-refractivity contribution in [1.29, 1.82) is 5.41 Å². The molecular formula is C25H29N5O. The number of benzene rings is 2. The second-order valence-corrected chi connectivity index (χ2v) is 8.49. The first-order valence-electron chi connectivity index (χ1n) is 11.1. The largest absolute Gasteiger partial charge is 0.371 e. The van der Waals surface area contributed by atoms with Gasteiger partial charge in [-0.25, -0.2) is 0 Å². The fourth-order valence-electron chi connectivity index (χ4n) is 4.88. The molecule has 3 heterocycles. The van der Waals surface area contributed by atoms with Gasteiger partial charge < -0.3 is 20.3 Å². The number of para-hydroxylation sites is 1. The molecule has 5 rings (SSSR count). The molecule has 6 heteroatoms. The number of nitrogens with two attached hydrogens (primary N) is 1. The smallest absolute Gasteiger partial charge is 0.190 e. The van der Waals surface area contributed by atoms with Gasteiger partial charge in [0.1, 0.15) is 0 Å². The Morgan fingerprint density at radius 2 is 1.81 bits per heavy atom. The fraction of sp³-hybridized carbons (Fsp3) is 0.360. The third-order valence-electron chi connectivity index (χ3n) is 6.61. The molecule has 0 radical (unpaired) electrons. The van der Waals surface area contributed by atoms with Crippen molar-refractivity contribution >= 4 is 22.5 Å². The van der Waals surface area contributed by atoms with E-state index < -0.39 is 0 Å². The van der Waals surface area contributed by atoms with Crippen molar-refractivity contribution < 1.29 is 4.74 Å². The molecule has 0 aliphatic carbocycles. The summed E-state index contributed by atoms with van der Waals surface area (Å²) in [5.41, 5.74) is 10.6. The molecule has 2 aliphatic rings. The van der Waals surface area contributed by atoms with E-state index in [4.69, 9.17) is 15.9 Å². The summed E-state index contributed by atoms with van der Waals surface area (Å²) in [5.74, 6) is 0.589. The topological polar surface area (TPSA) is 78.5 Å². The van der Waals surface area contributed by atoms with Gasteiger partial charge in [-0.2, -0.15) is 0 Å². The Kier molecular flexibility index (Phi) is 5.47. The molecule has 3 N–H and O–H groups in total. The molecule has 2 aliphatic heterocycles. The zero-order chi connectivity index (χ0) is 21.2. The van der Waals surface area contributed by atoms with E-state index >= 15 is 0 Å². The predicted octanol–water partition coefficient (Wildman–Crippen LogP) is 3.92. The maximum absolute atomic E-state index is 7.98. The van der Waals surface area contributed by atoms with Crippen LogP contribution in [0.4, 0.5) is 5.69 Å². The number of hydrogen-bond acceptors (Lipinski definition) is 4. The lowest BCUT2D eigenvalue weighted by atomic mass is 9.96. The number of pyridine rings is 1. The van der Waals surface area contributed by atoms with Crippen LogP contribution in [0.5, 0.6) is 0 Å². The Balaban J connectivity index is 1.24. The first-order chi connectivity index (χ1) is 15.2. The van der Waals surface area contributed by atoms with E-state index in [2.05, 4.69) is 52.3 Å². The second-order valence-electron chi connectivity index (χ2n) is 8.49. The van der Waals surface area contributed by atoms with Crippen molar-refractivity contribution in [3.63, 3.8) is 0 Å². The average Bonchev–Trinajstić information content (AvgIpc) is 2.82. The number of guanidine groups is 1. The van der Waals surface area contributed by atoms with Crippen LogP contribution in [0.2, 0.25) is 0 Å². The third kappa shape index (κ3) is 3.95. The molecule has 1 aromatic heterocycles. The monoisotopic (exact) mass is 415 g/mol. The number of fused-ring (bicyclic) bond motifs is 2. The van der Waals surface area contributed by atoms with Crippen molar-refractivity contribution in [3.8, 4) is 0 Å². The predicted molar refractivity (Wildman–Crippen MR) is 124 cm³/mol. The lowest BCUT2D eigenvalue weighted by Crippen LogP contribution is -2.45. The summed E-state index contributed by atoms with van der Waals surface area (Å²) < 4.78 is 6.41. The molecule has 31 heavy (non-hydrogen) atoms. The summed E-state index contributed by atoms with van der Waals surface area (Å²) >= 11 is 0. The summed E-state index contributed by atoms with van der Waals surface area (Å²) in [6, 6.07) is 18.8. The molecule has 0 saturated carbocycles. The van der Waals surface area contributed by atoms with Gasteiger partial charge in [-0.3, -0.25) is 10.4 Å². The quantitative estimate of drug-likeness (QED) is 0.499. The Labute approximate surface area is 183 Å². The molecule has 1 fully saturated rings. The van der Waals surface area contributed by atoms with Crippen LogP contribution in [-0.4, -0.2) is 42.1 Å². The zero-order valence-electron chi connectivity index (χ0n) is 17.7. The van der Waals surface area contributed by atoms with E-state index in [0.717, 1.165) is 50.0 Å². The molecule has 0 amide bonds. The van der Waals surface area contributed by atoms with Gasteiger partial charge in [-0.1, -0.05) is 42.5 Å². The highest BCUT2D eigenvalue weighted by molar-refractivity contribution is 5.91. The van der Waals surface area contributed by atoms with Gasteiger partial charge in [0, 0.05) is 42.5 Å². The summed E-state index contributed by atoms with van der Waals surface area (Å²) in [6.45, 7) is 3.44. The van der Waals surface area contributed by atoms with E-state index in [0.29, 0.717) is 12.5 Å². The number of hydrogen-bond donors (Lipinski definition) is 2. The summed E-state index contributed by atoms with van der Waals surface area (Å²) in [7, 11) is 0. The molecular weight excluding hydrogens is 386 g/mol. The van der Waals surface area contributed by atoms with Gasteiger partial charge in [0.05, 0.1) is 12.1 Å². The molecule has 3 aromatic rings. The van der Waals surface area contributed by atoms with Crippen LogP contribution in [0.1, 0.15) is 30.2 Å². The fourth-order valence-corrected chi connectivity index (χ4v) is 4.88. The number of anilines is 1. The van der Waals surface area contributed by atoms with Gasteiger partial charge in [-0.15, -0.1) is 0 Å². The second kappa shape index (κ2) is 8.55. The van der Waals surface area contributed by atoms with Crippen LogP contribution in [-0.2, 0) is 11.2 Å². The molecule has 2 aromatic carbocycles. The van der Waals surface area contributed by atoms with Gasteiger partial charge in [-0.05, 0) is 42.9 Å². The van der Waals surface area contributed by atoms with E-state index in [9.17, 15) is 0 Å². The van der Waals surface area contributed by atoms with Gasteiger partial charge in [0.2, 0.25) is 0 Å². The maximum atomic E-state index is 7.98. The van der Waals surface area contributed by atoms with Crippen LogP contribution >= 0.6 is 0 Å². The van der Waals surface area contributed by atoms with Gasteiger partial charge >= 0.3 is 0 Å².